The molecule has 0 radical (unpaired) electrons. The van der Waals surface area contributed by atoms with E-state index in [1.807, 2.05) is 6.92 Å². The summed E-state index contributed by atoms with van der Waals surface area (Å²) in [6, 6.07) is 5.69. The summed E-state index contributed by atoms with van der Waals surface area (Å²) in [7, 11) is 1.77. The Morgan fingerprint density at radius 1 is 1.42 bits per heavy atom. The topological polar surface area (TPSA) is 70.4 Å². The fourth-order valence-electron chi connectivity index (χ4n) is 2.68. The molecule has 0 unspecified atom stereocenters. The summed E-state index contributed by atoms with van der Waals surface area (Å²) in [5.41, 5.74) is 1.85. The van der Waals surface area contributed by atoms with Crippen molar-refractivity contribution in [2.45, 2.75) is 19.9 Å². The van der Waals surface area contributed by atoms with E-state index in [0.717, 1.165) is 0 Å². The Kier molecular flexibility index (Phi) is 5.10. The minimum absolute atomic E-state index is 0.311. The van der Waals surface area contributed by atoms with Gasteiger partial charge in [-0.3, -0.25) is 4.79 Å². The molecule has 3 rings (SSSR count). The van der Waals surface area contributed by atoms with Crippen LogP contribution in [0.5, 0.6) is 0 Å². The molecular formula is C17H16BrFN4O2S. The van der Waals surface area contributed by atoms with Crippen molar-refractivity contribution in [2.24, 2.45) is 0 Å². The Labute approximate surface area is 163 Å². The molecule has 0 bridgehead atoms. The van der Waals surface area contributed by atoms with Crippen molar-refractivity contribution in [3.05, 3.63) is 57.1 Å². The van der Waals surface area contributed by atoms with Gasteiger partial charge in [0.2, 0.25) is 0 Å². The summed E-state index contributed by atoms with van der Waals surface area (Å²) in [6.45, 7) is 3.54. The quantitative estimate of drug-likeness (QED) is 0.712. The van der Waals surface area contributed by atoms with Crippen molar-refractivity contribution >= 4 is 45.0 Å². The number of benzene rings is 1. The van der Waals surface area contributed by atoms with Crippen LogP contribution in [0.2, 0.25) is 0 Å². The van der Waals surface area contributed by atoms with E-state index in [1.54, 1.807) is 37.1 Å². The van der Waals surface area contributed by atoms with Crippen LogP contribution in [0.4, 0.5) is 10.2 Å². The number of halogens is 2. The predicted octanol–water partition coefficient (Wildman–Crippen LogP) is 3.66. The van der Waals surface area contributed by atoms with E-state index >= 15 is 0 Å². The van der Waals surface area contributed by atoms with Crippen LogP contribution in [0.3, 0.4) is 0 Å². The number of allylic oxidation sites excluding steroid dienone is 1. The van der Waals surface area contributed by atoms with E-state index in [0.29, 0.717) is 38.0 Å². The highest BCUT2D eigenvalue weighted by Gasteiger charge is 2.33. The average molecular weight is 439 g/mol. The summed E-state index contributed by atoms with van der Waals surface area (Å²) in [6.07, 6.45) is 0. The summed E-state index contributed by atoms with van der Waals surface area (Å²) in [5, 5.41) is 10.1. The Morgan fingerprint density at radius 2 is 2.15 bits per heavy atom. The fourth-order valence-corrected chi connectivity index (χ4v) is 3.33. The highest BCUT2D eigenvalue weighted by atomic mass is 79.9. The zero-order valence-electron chi connectivity index (χ0n) is 14.3. The maximum absolute atomic E-state index is 13.6. The number of thiocarbonyl (C=S) groups is 1. The number of hydrogen-bond acceptors (Lipinski definition) is 4. The molecule has 1 aromatic carbocycles. The second kappa shape index (κ2) is 7.16. The van der Waals surface area contributed by atoms with Gasteiger partial charge in [-0.2, -0.15) is 0 Å². The lowest BCUT2D eigenvalue weighted by atomic mass is 9.94. The molecule has 136 valence electrons. The lowest BCUT2D eigenvalue weighted by Crippen LogP contribution is -2.46. The largest absolute Gasteiger partial charge is 0.360 e. The van der Waals surface area contributed by atoms with Gasteiger partial charge < -0.3 is 20.1 Å². The molecule has 1 aliphatic heterocycles. The van der Waals surface area contributed by atoms with Crippen LogP contribution < -0.4 is 10.6 Å². The van der Waals surface area contributed by atoms with Crippen molar-refractivity contribution in [3.8, 4) is 0 Å². The third-order valence-electron chi connectivity index (χ3n) is 4.15. The SMILES string of the molecule is CC1=C(C(=O)Nc2cc(C)on2)[C@@H](c2ccc(F)c(Br)c2)NC(=S)N1C. The van der Waals surface area contributed by atoms with Crippen molar-refractivity contribution < 1.29 is 13.7 Å². The van der Waals surface area contributed by atoms with Crippen LogP contribution >= 0.6 is 28.1 Å². The van der Waals surface area contributed by atoms with E-state index < -0.39 is 6.04 Å². The van der Waals surface area contributed by atoms with Crippen LogP contribution in [0, 0.1) is 12.7 Å². The van der Waals surface area contributed by atoms with Crippen molar-refractivity contribution in [1.29, 1.82) is 0 Å². The smallest absolute Gasteiger partial charge is 0.257 e. The van der Waals surface area contributed by atoms with Gasteiger partial charge in [-0.15, -0.1) is 0 Å². The standard InChI is InChI=1S/C17H16BrFN4O2S/c1-8-6-13(22-25-8)20-16(24)14-9(2)23(3)17(26)21-15(14)10-4-5-12(19)11(18)7-10/h4-7,15H,1-3H3,(H,21,26)(H,20,22,24)/t15-/m1/s1. The Bertz CT molecular complexity index is 927. The number of nitrogens with one attached hydrogen (secondary N) is 2. The third kappa shape index (κ3) is 3.49. The van der Waals surface area contributed by atoms with E-state index in [9.17, 15) is 9.18 Å². The molecule has 0 spiro atoms. The lowest BCUT2D eigenvalue weighted by Gasteiger charge is -2.35. The summed E-state index contributed by atoms with van der Waals surface area (Å²) >= 11 is 8.53. The number of carbonyl (C=O) groups excluding carboxylic acids is 1. The first-order valence-corrected chi connectivity index (χ1v) is 8.92. The molecule has 1 amide bonds. The van der Waals surface area contributed by atoms with Gasteiger partial charge in [0, 0.05) is 18.8 Å². The minimum atomic E-state index is -0.524. The molecule has 0 fully saturated rings. The number of amides is 1. The van der Waals surface area contributed by atoms with E-state index in [4.69, 9.17) is 16.7 Å². The zero-order valence-corrected chi connectivity index (χ0v) is 16.7. The van der Waals surface area contributed by atoms with Gasteiger partial charge >= 0.3 is 0 Å². The van der Waals surface area contributed by atoms with Crippen LogP contribution in [-0.4, -0.2) is 28.1 Å². The molecule has 9 heteroatoms. The predicted molar refractivity (Wildman–Crippen MR) is 103 cm³/mol. The molecular weight excluding hydrogens is 423 g/mol. The van der Waals surface area contributed by atoms with E-state index in [-0.39, 0.29) is 11.7 Å². The summed E-state index contributed by atoms with van der Waals surface area (Å²) < 4.78 is 18.9. The molecule has 26 heavy (non-hydrogen) atoms. The van der Waals surface area contributed by atoms with E-state index in [2.05, 4.69) is 31.7 Å². The summed E-state index contributed by atoms with van der Waals surface area (Å²) in [5.74, 6) is 0.185. The van der Waals surface area contributed by atoms with Crippen molar-refractivity contribution in [3.63, 3.8) is 0 Å². The number of rotatable bonds is 3. The Morgan fingerprint density at radius 3 is 2.77 bits per heavy atom. The second-order valence-electron chi connectivity index (χ2n) is 5.89. The highest BCUT2D eigenvalue weighted by molar-refractivity contribution is 9.10. The summed E-state index contributed by atoms with van der Waals surface area (Å²) in [4.78, 5) is 14.6. The highest BCUT2D eigenvalue weighted by Crippen LogP contribution is 2.32. The van der Waals surface area contributed by atoms with Crippen LogP contribution in [0.25, 0.3) is 0 Å². The maximum atomic E-state index is 13.6. The number of aromatic nitrogens is 1. The maximum Gasteiger partial charge on any atom is 0.257 e. The second-order valence-corrected chi connectivity index (χ2v) is 7.13. The number of nitrogens with zero attached hydrogens (tertiary/aromatic N) is 2. The number of carbonyl (C=O) groups is 1. The van der Waals surface area contributed by atoms with Gasteiger partial charge in [-0.25, -0.2) is 4.39 Å². The van der Waals surface area contributed by atoms with Crippen LogP contribution in [0.15, 0.2) is 44.5 Å². The molecule has 0 saturated heterocycles. The van der Waals surface area contributed by atoms with Crippen LogP contribution in [0.1, 0.15) is 24.3 Å². The number of anilines is 1. The Balaban J connectivity index is 2.02. The molecule has 2 aromatic rings. The lowest BCUT2D eigenvalue weighted by molar-refractivity contribution is -0.113. The molecule has 2 N–H and O–H groups in total. The molecule has 6 nitrogen and oxygen atoms in total. The monoisotopic (exact) mass is 438 g/mol. The van der Waals surface area contributed by atoms with E-state index in [1.165, 1.54) is 6.07 Å². The minimum Gasteiger partial charge on any atom is -0.360 e. The van der Waals surface area contributed by atoms with Gasteiger partial charge in [0.1, 0.15) is 11.6 Å². The van der Waals surface area contributed by atoms with Gasteiger partial charge in [0.05, 0.1) is 16.1 Å². The number of hydrogen-bond donors (Lipinski definition) is 2. The zero-order chi connectivity index (χ0) is 19.0. The molecule has 0 saturated carbocycles. The first-order valence-electron chi connectivity index (χ1n) is 7.72. The Hall–Kier alpha value is -2.26. The molecule has 2 heterocycles. The van der Waals surface area contributed by atoms with Gasteiger partial charge in [0.15, 0.2) is 10.9 Å². The fraction of sp³-hybridized carbons (Fsp3) is 0.235. The molecule has 1 aromatic heterocycles. The molecule has 0 aliphatic carbocycles. The van der Waals surface area contributed by atoms with Crippen LogP contribution in [-0.2, 0) is 4.79 Å². The van der Waals surface area contributed by atoms with Gasteiger partial charge in [0.25, 0.3) is 5.91 Å². The number of aryl methyl sites for hydroxylation is 1. The first-order chi connectivity index (χ1) is 12.3. The van der Waals surface area contributed by atoms with Gasteiger partial charge in [-0.05, 0) is 59.7 Å². The first kappa shape index (κ1) is 18.5. The average Bonchev–Trinajstić information content (AvgIpc) is 2.99. The van der Waals surface area contributed by atoms with Crippen molar-refractivity contribution in [2.75, 3.05) is 12.4 Å². The van der Waals surface area contributed by atoms with Crippen molar-refractivity contribution in [1.82, 2.24) is 15.4 Å². The van der Waals surface area contributed by atoms with Gasteiger partial charge in [-0.1, -0.05) is 11.2 Å². The molecule has 1 atom stereocenters. The normalized spacial score (nSPS) is 17.3. The third-order valence-corrected chi connectivity index (χ3v) is 5.14. The molecule has 1 aliphatic rings.